The first-order valence-corrected chi connectivity index (χ1v) is 12.3. The Morgan fingerprint density at radius 2 is 1.78 bits per heavy atom. The summed E-state index contributed by atoms with van der Waals surface area (Å²) in [5, 5.41) is 2.77. The number of nitrogens with one attached hydrogen (secondary N) is 1. The van der Waals surface area contributed by atoms with Gasteiger partial charge in [0.1, 0.15) is 12.4 Å². The number of amides is 2. The molecule has 3 aromatic carbocycles. The maximum atomic E-state index is 13.2. The Balaban J connectivity index is 1.45. The highest BCUT2D eigenvalue weighted by atomic mass is 16.5. The fourth-order valence-corrected chi connectivity index (χ4v) is 4.21. The number of hydrogen-bond donors (Lipinski definition) is 1. The predicted molar refractivity (Wildman–Crippen MR) is 140 cm³/mol. The fourth-order valence-electron chi connectivity index (χ4n) is 4.21. The van der Waals surface area contributed by atoms with Gasteiger partial charge in [-0.2, -0.15) is 0 Å². The monoisotopic (exact) mass is 504 g/mol. The number of benzene rings is 3. The fraction of sp³-hybridized carbons (Fsp3) is 0.310. The van der Waals surface area contributed by atoms with Crippen molar-refractivity contribution in [2.24, 2.45) is 0 Å². The van der Waals surface area contributed by atoms with E-state index in [0.717, 1.165) is 16.7 Å². The van der Waals surface area contributed by atoms with Crippen LogP contribution >= 0.6 is 0 Å². The van der Waals surface area contributed by atoms with E-state index in [2.05, 4.69) is 5.32 Å². The van der Waals surface area contributed by atoms with E-state index in [4.69, 9.17) is 18.9 Å². The van der Waals surface area contributed by atoms with Gasteiger partial charge in [-0.25, -0.2) is 4.79 Å². The van der Waals surface area contributed by atoms with Crippen LogP contribution in [0.3, 0.4) is 0 Å². The van der Waals surface area contributed by atoms with E-state index in [1.165, 1.54) is 0 Å². The van der Waals surface area contributed by atoms with Crippen LogP contribution in [0.2, 0.25) is 0 Å². The molecule has 0 aromatic heterocycles. The van der Waals surface area contributed by atoms with E-state index in [1.54, 1.807) is 31.3 Å². The summed E-state index contributed by atoms with van der Waals surface area (Å²) in [4.78, 5) is 27.4. The normalized spacial score (nSPS) is 14.7. The third-order valence-corrected chi connectivity index (χ3v) is 6.23. The third-order valence-electron chi connectivity index (χ3n) is 6.23. The number of hydrogen-bond acceptors (Lipinski definition) is 6. The zero-order chi connectivity index (χ0) is 26.2. The summed E-state index contributed by atoms with van der Waals surface area (Å²) in [6.45, 7) is 2.98. The van der Waals surface area contributed by atoms with Crippen LogP contribution in [0.4, 0.5) is 10.5 Å². The van der Waals surface area contributed by atoms with Gasteiger partial charge in [-0.1, -0.05) is 43.3 Å². The lowest BCUT2D eigenvalue weighted by Gasteiger charge is -2.23. The van der Waals surface area contributed by atoms with Gasteiger partial charge in [-0.15, -0.1) is 0 Å². The minimum atomic E-state index is -0.568. The molecule has 0 spiro atoms. The predicted octanol–water partition coefficient (Wildman–Crippen LogP) is 5.19. The molecule has 0 radical (unpaired) electrons. The number of methoxy groups -OCH3 is 2. The summed E-state index contributed by atoms with van der Waals surface area (Å²) in [6.07, 6.45) is 0.0749. The Hall–Kier alpha value is -4.20. The standard InChI is InChI=1S/C29H32N2O6/c1-4-24-28(32)31(15-14-20-10-12-26(34-2)27(16-20)35-3)18-22-17-23(11-13-25(22)37-24)30-29(33)36-19-21-8-6-5-7-9-21/h5-13,16-17,24H,4,14-15,18-19H2,1-3H3,(H,30,33). The SMILES string of the molecule is CCC1Oc2ccc(NC(=O)OCc3ccccc3)cc2CN(CCc2ccc(OC)c(OC)c2)C1=O. The second-order valence-corrected chi connectivity index (χ2v) is 8.72. The number of rotatable bonds is 9. The van der Waals surface area contributed by atoms with Gasteiger partial charge in [0.25, 0.3) is 5.91 Å². The topological polar surface area (TPSA) is 86.3 Å². The van der Waals surface area contributed by atoms with Crippen LogP contribution in [0, 0.1) is 0 Å². The molecule has 37 heavy (non-hydrogen) atoms. The van der Waals surface area contributed by atoms with Gasteiger partial charge in [-0.3, -0.25) is 10.1 Å². The largest absolute Gasteiger partial charge is 0.493 e. The van der Waals surface area contributed by atoms with Gasteiger partial charge in [0, 0.05) is 24.3 Å². The van der Waals surface area contributed by atoms with E-state index in [-0.39, 0.29) is 12.5 Å². The van der Waals surface area contributed by atoms with Crippen molar-refractivity contribution in [2.75, 3.05) is 26.1 Å². The van der Waals surface area contributed by atoms with E-state index in [9.17, 15) is 9.59 Å². The van der Waals surface area contributed by atoms with Gasteiger partial charge >= 0.3 is 6.09 Å². The molecule has 1 atom stereocenters. The molecule has 1 heterocycles. The molecule has 0 bridgehead atoms. The Kier molecular flexibility index (Phi) is 8.51. The molecular weight excluding hydrogens is 472 g/mol. The first-order chi connectivity index (χ1) is 18.0. The lowest BCUT2D eigenvalue weighted by atomic mass is 10.1. The van der Waals surface area contributed by atoms with Crippen LogP contribution in [0.15, 0.2) is 66.7 Å². The Morgan fingerprint density at radius 3 is 2.51 bits per heavy atom. The number of carbonyl (C=O) groups is 2. The minimum Gasteiger partial charge on any atom is -0.493 e. The summed E-state index contributed by atoms with van der Waals surface area (Å²) < 4.78 is 22.1. The average Bonchev–Trinajstić information content (AvgIpc) is 3.06. The van der Waals surface area contributed by atoms with Crippen LogP contribution in [-0.4, -0.2) is 43.8 Å². The van der Waals surface area contributed by atoms with Crippen molar-refractivity contribution in [2.45, 2.75) is 39.0 Å². The van der Waals surface area contributed by atoms with Crippen LogP contribution in [-0.2, 0) is 29.1 Å². The number of ether oxygens (including phenoxy) is 4. The lowest BCUT2D eigenvalue weighted by Crippen LogP contribution is -2.40. The van der Waals surface area contributed by atoms with E-state index in [1.807, 2.05) is 61.5 Å². The third kappa shape index (κ3) is 6.52. The summed E-state index contributed by atoms with van der Waals surface area (Å²) in [5.41, 5.74) is 3.32. The minimum absolute atomic E-state index is 0.0593. The maximum Gasteiger partial charge on any atom is 0.411 e. The first-order valence-electron chi connectivity index (χ1n) is 12.3. The number of nitrogens with zero attached hydrogens (tertiary/aromatic N) is 1. The van der Waals surface area contributed by atoms with Crippen LogP contribution < -0.4 is 19.5 Å². The molecule has 1 aliphatic heterocycles. The number of anilines is 1. The van der Waals surface area contributed by atoms with Gasteiger partial charge in [0.2, 0.25) is 0 Å². The molecule has 8 nitrogen and oxygen atoms in total. The molecule has 4 rings (SSSR count). The zero-order valence-corrected chi connectivity index (χ0v) is 21.4. The quantitative estimate of drug-likeness (QED) is 0.431. The van der Waals surface area contributed by atoms with E-state index < -0.39 is 12.2 Å². The van der Waals surface area contributed by atoms with E-state index in [0.29, 0.717) is 48.9 Å². The highest BCUT2D eigenvalue weighted by Crippen LogP contribution is 2.31. The van der Waals surface area contributed by atoms with Crippen molar-refractivity contribution in [1.29, 1.82) is 0 Å². The molecule has 0 aliphatic carbocycles. The molecule has 194 valence electrons. The maximum absolute atomic E-state index is 13.2. The second kappa shape index (κ2) is 12.2. The molecule has 1 aliphatic rings. The summed E-state index contributed by atoms with van der Waals surface area (Å²) >= 11 is 0. The van der Waals surface area contributed by atoms with E-state index >= 15 is 0 Å². The van der Waals surface area contributed by atoms with Crippen LogP contribution in [0.25, 0.3) is 0 Å². The molecule has 3 aromatic rings. The average molecular weight is 505 g/mol. The van der Waals surface area contributed by atoms with Gasteiger partial charge in [0.15, 0.2) is 17.6 Å². The van der Waals surface area contributed by atoms with Crippen molar-refractivity contribution in [3.63, 3.8) is 0 Å². The molecule has 2 amide bonds. The summed E-state index contributed by atoms with van der Waals surface area (Å²) in [6, 6.07) is 20.6. The Labute approximate surface area is 217 Å². The molecule has 0 fully saturated rings. The number of carbonyl (C=O) groups excluding carboxylic acids is 2. The molecular formula is C29H32N2O6. The zero-order valence-electron chi connectivity index (χ0n) is 21.4. The lowest BCUT2D eigenvalue weighted by molar-refractivity contribution is -0.138. The highest BCUT2D eigenvalue weighted by Gasteiger charge is 2.30. The summed E-state index contributed by atoms with van der Waals surface area (Å²) in [5.74, 6) is 1.89. The van der Waals surface area contributed by atoms with Crippen LogP contribution in [0.5, 0.6) is 17.2 Å². The highest BCUT2D eigenvalue weighted by molar-refractivity contribution is 5.85. The van der Waals surface area contributed by atoms with Gasteiger partial charge < -0.3 is 23.8 Å². The van der Waals surface area contributed by atoms with Gasteiger partial charge in [0.05, 0.1) is 14.2 Å². The Bertz CT molecular complexity index is 1230. The van der Waals surface area contributed by atoms with Crippen molar-refractivity contribution >= 4 is 17.7 Å². The molecule has 1 unspecified atom stereocenters. The van der Waals surface area contributed by atoms with Crippen molar-refractivity contribution in [3.8, 4) is 17.2 Å². The molecule has 8 heteroatoms. The first kappa shape index (κ1) is 25.9. The van der Waals surface area contributed by atoms with Crippen LogP contribution in [0.1, 0.15) is 30.0 Å². The second-order valence-electron chi connectivity index (χ2n) is 8.72. The molecule has 0 saturated heterocycles. The Morgan fingerprint density at radius 1 is 1.00 bits per heavy atom. The molecule has 0 saturated carbocycles. The smallest absolute Gasteiger partial charge is 0.411 e. The van der Waals surface area contributed by atoms with Crippen molar-refractivity contribution in [3.05, 3.63) is 83.4 Å². The van der Waals surface area contributed by atoms with Crippen molar-refractivity contribution in [1.82, 2.24) is 4.90 Å². The molecule has 1 N–H and O–H groups in total. The summed E-state index contributed by atoms with van der Waals surface area (Å²) in [7, 11) is 3.20. The van der Waals surface area contributed by atoms with Crippen molar-refractivity contribution < 1.29 is 28.5 Å². The van der Waals surface area contributed by atoms with Gasteiger partial charge in [-0.05, 0) is 54.3 Å². The number of fused-ring (bicyclic) bond motifs is 1.